The van der Waals surface area contributed by atoms with Crippen molar-refractivity contribution in [3.8, 4) is 0 Å². The maximum absolute atomic E-state index is 13.8. The minimum atomic E-state index is -4.29. The molecule has 3 aromatic rings. The Balaban J connectivity index is 2.05. The molecule has 0 spiro atoms. The third-order valence-electron chi connectivity index (χ3n) is 5.83. The van der Waals surface area contributed by atoms with Crippen LogP contribution in [-0.4, -0.2) is 49.2 Å². The standard InChI is InChI=1S/C26H26Cl2N4O6S/c1-3-29-26(34)18(2)30(16-19-9-10-20(27)15-24(19)28)25(33)17-31(21-11-13-22(14-12-21)32(35)36)39(37,38)23-7-5-4-6-8-23/h4-15,18H,3,16-17H2,1-2H3,(H,29,34)/t18-/m0/s1. The first kappa shape index (κ1) is 29.9. The van der Waals surface area contributed by atoms with Crippen molar-refractivity contribution in [1.82, 2.24) is 10.2 Å². The molecule has 1 atom stereocenters. The number of nitrogens with one attached hydrogen (secondary N) is 1. The van der Waals surface area contributed by atoms with E-state index in [1.54, 1.807) is 25.1 Å². The fraction of sp³-hybridized carbons (Fsp3) is 0.231. The van der Waals surface area contributed by atoms with Crippen LogP contribution in [0.15, 0.2) is 77.7 Å². The van der Waals surface area contributed by atoms with Crippen LogP contribution < -0.4 is 9.62 Å². The third-order valence-corrected chi connectivity index (χ3v) is 8.21. The molecule has 3 rings (SSSR count). The number of nitro benzene ring substituents is 1. The Morgan fingerprint density at radius 1 is 1.03 bits per heavy atom. The first-order valence-corrected chi connectivity index (χ1v) is 14.0. The summed E-state index contributed by atoms with van der Waals surface area (Å²) in [5.41, 5.74) is 0.289. The molecule has 0 saturated carbocycles. The van der Waals surface area contributed by atoms with Gasteiger partial charge in [0, 0.05) is 35.3 Å². The zero-order valence-corrected chi connectivity index (χ0v) is 23.4. The SMILES string of the molecule is CCNC(=O)[C@H](C)N(Cc1ccc(Cl)cc1Cl)C(=O)CN(c1ccc([N+](=O)[O-])cc1)S(=O)(=O)c1ccccc1. The summed E-state index contributed by atoms with van der Waals surface area (Å²) in [6, 6.07) is 16.0. The summed E-state index contributed by atoms with van der Waals surface area (Å²) in [5, 5.41) is 14.5. The average molecular weight is 593 g/mol. The Morgan fingerprint density at radius 2 is 1.67 bits per heavy atom. The lowest BCUT2D eigenvalue weighted by Gasteiger charge is -2.32. The van der Waals surface area contributed by atoms with Crippen molar-refractivity contribution >= 4 is 56.4 Å². The number of rotatable bonds is 11. The summed E-state index contributed by atoms with van der Waals surface area (Å²) in [6.07, 6.45) is 0. The van der Waals surface area contributed by atoms with Crippen LogP contribution in [0.2, 0.25) is 10.0 Å². The average Bonchev–Trinajstić information content (AvgIpc) is 2.91. The Hall–Kier alpha value is -3.67. The molecule has 0 aliphatic rings. The van der Waals surface area contributed by atoms with E-state index in [9.17, 15) is 28.1 Å². The van der Waals surface area contributed by atoms with Gasteiger partial charge in [-0.2, -0.15) is 0 Å². The van der Waals surface area contributed by atoms with E-state index < -0.39 is 39.3 Å². The summed E-state index contributed by atoms with van der Waals surface area (Å²) in [4.78, 5) is 38.2. The number of sulfonamides is 1. The van der Waals surface area contributed by atoms with Crippen molar-refractivity contribution in [2.75, 3.05) is 17.4 Å². The molecule has 10 nitrogen and oxygen atoms in total. The number of anilines is 1. The second-order valence-corrected chi connectivity index (χ2v) is 11.1. The molecule has 2 amide bonds. The van der Waals surface area contributed by atoms with Crippen LogP contribution in [-0.2, 0) is 26.2 Å². The van der Waals surface area contributed by atoms with Crippen LogP contribution in [0.3, 0.4) is 0 Å². The largest absolute Gasteiger partial charge is 0.355 e. The highest BCUT2D eigenvalue weighted by atomic mass is 35.5. The molecule has 0 saturated heterocycles. The van der Waals surface area contributed by atoms with Crippen LogP contribution >= 0.6 is 23.2 Å². The fourth-order valence-electron chi connectivity index (χ4n) is 3.73. The zero-order valence-electron chi connectivity index (χ0n) is 21.1. The molecule has 0 radical (unpaired) electrons. The van der Waals surface area contributed by atoms with E-state index >= 15 is 0 Å². The zero-order chi connectivity index (χ0) is 28.7. The van der Waals surface area contributed by atoms with Gasteiger partial charge in [-0.1, -0.05) is 47.5 Å². The van der Waals surface area contributed by atoms with Gasteiger partial charge in [0.25, 0.3) is 15.7 Å². The number of benzene rings is 3. The number of carbonyl (C=O) groups is 2. The molecule has 0 fully saturated rings. The van der Waals surface area contributed by atoms with E-state index in [0.717, 1.165) is 16.4 Å². The topological polar surface area (TPSA) is 130 Å². The predicted octanol–water partition coefficient (Wildman–Crippen LogP) is 4.65. The monoisotopic (exact) mass is 592 g/mol. The maximum atomic E-state index is 13.8. The van der Waals surface area contributed by atoms with Gasteiger partial charge in [-0.25, -0.2) is 8.42 Å². The van der Waals surface area contributed by atoms with E-state index in [0.29, 0.717) is 17.1 Å². The van der Waals surface area contributed by atoms with Crippen molar-refractivity contribution < 1.29 is 22.9 Å². The lowest BCUT2D eigenvalue weighted by Crippen LogP contribution is -2.51. The molecule has 3 aromatic carbocycles. The van der Waals surface area contributed by atoms with Gasteiger partial charge in [0.1, 0.15) is 12.6 Å². The molecule has 206 valence electrons. The van der Waals surface area contributed by atoms with Crippen LogP contribution in [0.5, 0.6) is 0 Å². The van der Waals surface area contributed by atoms with Gasteiger partial charge in [0.05, 0.1) is 15.5 Å². The Labute approximate surface area is 236 Å². The second-order valence-electron chi connectivity index (χ2n) is 8.43. The predicted molar refractivity (Wildman–Crippen MR) is 149 cm³/mol. The summed E-state index contributed by atoms with van der Waals surface area (Å²) in [5.74, 6) is -1.14. The first-order valence-electron chi connectivity index (χ1n) is 11.8. The summed E-state index contributed by atoms with van der Waals surface area (Å²) in [6.45, 7) is 2.78. The van der Waals surface area contributed by atoms with E-state index in [-0.39, 0.29) is 27.8 Å². The summed E-state index contributed by atoms with van der Waals surface area (Å²) < 4.78 is 28.2. The normalized spacial score (nSPS) is 11.9. The van der Waals surface area contributed by atoms with Crippen LogP contribution in [0.25, 0.3) is 0 Å². The number of amides is 2. The molecule has 13 heteroatoms. The molecular formula is C26H26Cl2N4O6S. The first-order chi connectivity index (χ1) is 18.4. The van der Waals surface area contributed by atoms with Gasteiger partial charge in [-0.15, -0.1) is 0 Å². The Morgan fingerprint density at radius 3 is 2.23 bits per heavy atom. The number of hydrogen-bond acceptors (Lipinski definition) is 6. The van der Waals surface area contributed by atoms with Gasteiger partial charge >= 0.3 is 0 Å². The highest BCUT2D eigenvalue weighted by Crippen LogP contribution is 2.27. The van der Waals surface area contributed by atoms with Crippen LogP contribution in [0.4, 0.5) is 11.4 Å². The highest BCUT2D eigenvalue weighted by molar-refractivity contribution is 7.92. The number of halogens is 2. The van der Waals surface area contributed by atoms with Gasteiger partial charge < -0.3 is 10.2 Å². The lowest BCUT2D eigenvalue weighted by atomic mass is 10.1. The number of carbonyl (C=O) groups excluding carboxylic acids is 2. The van der Waals surface area contributed by atoms with Crippen molar-refractivity contribution in [1.29, 1.82) is 0 Å². The highest BCUT2D eigenvalue weighted by Gasteiger charge is 2.32. The van der Waals surface area contributed by atoms with Crippen molar-refractivity contribution in [3.05, 3.63) is 98.5 Å². The lowest BCUT2D eigenvalue weighted by molar-refractivity contribution is -0.384. The molecule has 39 heavy (non-hydrogen) atoms. The van der Waals surface area contributed by atoms with E-state index in [1.807, 2.05) is 0 Å². The van der Waals surface area contributed by atoms with Crippen molar-refractivity contribution in [3.63, 3.8) is 0 Å². The maximum Gasteiger partial charge on any atom is 0.269 e. The Bertz CT molecular complexity index is 1450. The molecule has 0 aliphatic carbocycles. The minimum absolute atomic E-state index is 0.0351. The fourth-order valence-corrected chi connectivity index (χ4v) is 5.63. The van der Waals surface area contributed by atoms with E-state index in [2.05, 4.69) is 5.32 Å². The molecule has 0 bridgehead atoms. The van der Waals surface area contributed by atoms with E-state index in [4.69, 9.17) is 23.2 Å². The molecule has 1 N–H and O–H groups in total. The summed E-state index contributed by atoms with van der Waals surface area (Å²) >= 11 is 12.3. The molecular weight excluding hydrogens is 567 g/mol. The minimum Gasteiger partial charge on any atom is -0.355 e. The quantitative estimate of drug-likeness (QED) is 0.255. The third kappa shape index (κ3) is 7.25. The second kappa shape index (κ2) is 12.9. The Kier molecular flexibility index (Phi) is 9.90. The van der Waals surface area contributed by atoms with Crippen LogP contribution in [0.1, 0.15) is 19.4 Å². The number of nitrogens with zero attached hydrogens (tertiary/aromatic N) is 3. The molecule has 0 aromatic heterocycles. The van der Waals surface area contributed by atoms with Crippen molar-refractivity contribution in [2.45, 2.75) is 31.3 Å². The van der Waals surface area contributed by atoms with Gasteiger partial charge in [0.15, 0.2) is 0 Å². The van der Waals surface area contributed by atoms with E-state index in [1.165, 1.54) is 54.3 Å². The van der Waals surface area contributed by atoms with Gasteiger partial charge in [-0.05, 0) is 55.8 Å². The van der Waals surface area contributed by atoms with Gasteiger partial charge in [-0.3, -0.25) is 24.0 Å². The number of hydrogen-bond donors (Lipinski definition) is 1. The smallest absolute Gasteiger partial charge is 0.269 e. The molecule has 0 aliphatic heterocycles. The molecule has 0 unspecified atom stereocenters. The van der Waals surface area contributed by atoms with Crippen LogP contribution in [0, 0.1) is 10.1 Å². The van der Waals surface area contributed by atoms with Gasteiger partial charge in [0.2, 0.25) is 11.8 Å². The summed E-state index contributed by atoms with van der Waals surface area (Å²) in [7, 11) is -4.29. The van der Waals surface area contributed by atoms with Crippen molar-refractivity contribution in [2.24, 2.45) is 0 Å². The number of non-ortho nitro benzene ring substituents is 1. The molecule has 0 heterocycles. The number of nitro groups is 1. The number of likely N-dealkylation sites (N-methyl/N-ethyl adjacent to an activating group) is 1.